The van der Waals surface area contributed by atoms with Crippen molar-refractivity contribution in [3.05, 3.63) is 86.7 Å². The average molecular weight is 702 g/mol. The van der Waals surface area contributed by atoms with E-state index in [0.29, 0.717) is 33.8 Å². The maximum atomic E-state index is 13.9. The van der Waals surface area contributed by atoms with Crippen LogP contribution in [0.1, 0.15) is 88.8 Å². The Bertz CT molecular complexity index is 2020. The lowest BCUT2D eigenvalue weighted by Crippen LogP contribution is -2.40. The van der Waals surface area contributed by atoms with Crippen LogP contribution in [0.15, 0.2) is 69.0 Å². The number of amidine groups is 1. The third-order valence-corrected chi connectivity index (χ3v) is 11.9. The third kappa shape index (κ3) is 6.94. The molecule has 2 aromatic carbocycles. The smallest absolute Gasteiger partial charge is 0.264 e. The summed E-state index contributed by atoms with van der Waals surface area (Å²) >= 11 is 1.44. The van der Waals surface area contributed by atoms with Gasteiger partial charge in [-0.05, 0) is 74.9 Å². The number of carbonyl (C=O) groups excluding carboxylic acids is 2. The number of carbonyl (C=O) groups is 2. The highest BCUT2D eigenvalue weighted by molar-refractivity contribution is 7.92. The van der Waals surface area contributed by atoms with Gasteiger partial charge in [-0.3, -0.25) is 19.5 Å². The first-order chi connectivity index (χ1) is 23.4. The Hall–Kier alpha value is -4.29. The molecule has 0 bridgehead atoms. The number of sulfonamides is 1. The van der Waals surface area contributed by atoms with Gasteiger partial charge in [0.2, 0.25) is 5.88 Å². The minimum atomic E-state index is -4.10. The van der Waals surface area contributed by atoms with Crippen molar-refractivity contribution in [2.45, 2.75) is 96.2 Å². The third-order valence-electron chi connectivity index (χ3n) is 9.55. The highest BCUT2D eigenvalue weighted by Gasteiger charge is 2.49. The summed E-state index contributed by atoms with van der Waals surface area (Å²) in [6.07, 6.45) is 6.26. The number of aromatic nitrogens is 1. The van der Waals surface area contributed by atoms with Gasteiger partial charge in [0, 0.05) is 36.0 Å². The Morgan fingerprint density at radius 3 is 2.49 bits per heavy atom. The first-order valence-corrected chi connectivity index (χ1v) is 19.1. The molecule has 2 aliphatic rings. The number of nitrogens with zero attached hydrogens (tertiary/aromatic N) is 4. The van der Waals surface area contributed by atoms with Gasteiger partial charge in [-0.15, -0.1) is 11.3 Å². The fraction of sp³-hybridized carbons (Fsp3) is 0.405. The molecular formula is C37H43N5O5S2. The number of rotatable bonds is 12. The van der Waals surface area contributed by atoms with E-state index in [2.05, 4.69) is 16.8 Å². The van der Waals surface area contributed by atoms with E-state index in [1.165, 1.54) is 11.3 Å². The van der Waals surface area contributed by atoms with Crippen molar-refractivity contribution in [1.29, 1.82) is 0 Å². The minimum absolute atomic E-state index is 0.0622. The summed E-state index contributed by atoms with van der Waals surface area (Å²) in [6.45, 7) is 8.15. The van der Waals surface area contributed by atoms with Crippen LogP contribution in [0, 0.1) is 20.8 Å². The Balaban J connectivity index is 1.39. The zero-order valence-corrected chi connectivity index (χ0v) is 30.3. The van der Waals surface area contributed by atoms with E-state index >= 15 is 0 Å². The summed E-state index contributed by atoms with van der Waals surface area (Å²) in [5.74, 6) is 0.859. The first-order valence-electron chi connectivity index (χ1n) is 16.8. The lowest BCUT2D eigenvalue weighted by Gasteiger charge is -2.24. The lowest BCUT2D eigenvalue weighted by atomic mass is 9.96. The molecule has 3 heterocycles. The second-order valence-electron chi connectivity index (χ2n) is 13.1. The molecule has 1 aliphatic carbocycles. The van der Waals surface area contributed by atoms with Crippen LogP contribution in [0.4, 0.5) is 5.88 Å². The number of anilines is 1. The van der Waals surface area contributed by atoms with Crippen molar-refractivity contribution in [2.24, 2.45) is 4.99 Å². The van der Waals surface area contributed by atoms with Gasteiger partial charge in [0.15, 0.2) is 0 Å². The number of unbranched alkanes of at least 4 members (excludes halogenated alkanes) is 1. The van der Waals surface area contributed by atoms with E-state index in [0.717, 1.165) is 66.8 Å². The van der Waals surface area contributed by atoms with Crippen molar-refractivity contribution < 1.29 is 22.5 Å². The van der Waals surface area contributed by atoms with Gasteiger partial charge in [0.1, 0.15) is 11.4 Å². The predicted octanol–water partition coefficient (Wildman–Crippen LogP) is 7.65. The van der Waals surface area contributed by atoms with Crippen LogP contribution in [0.2, 0.25) is 0 Å². The number of hydrogen-bond acceptors (Lipinski definition) is 8. The summed E-state index contributed by atoms with van der Waals surface area (Å²) in [5.41, 5.74) is 3.33. The van der Waals surface area contributed by atoms with Gasteiger partial charge in [0.25, 0.3) is 21.8 Å². The number of benzene rings is 2. The molecule has 2 aromatic heterocycles. The lowest BCUT2D eigenvalue weighted by molar-refractivity contribution is -0.131. The second-order valence-corrected chi connectivity index (χ2v) is 16.1. The van der Waals surface area contributed by atoms with Crippen molar-refractivity contribution in [2.75, 3.05) is 11.8 Å². The second kappa shape index (κ2) is 13.9. The molecule has 1 fully saturated rings. The average Bonchev–Trinajstić information content (AvgIpc) is 3.87. The molecule has 6 rings (SSSR count). The minimum Gasteiger partial charge on any atom is -0.337 e. The Labute approximate surface area is 292 Å². The van der Waals surface area contributed by atoms with Crippen LogP contribution in [0.5, 0.6) is 0 Å². The molecule has 0 unspecified atom stereocenters. The summed E-state index contributed by atoms with van der Waals surface area (Å²) in [7, 11) is -2.35. The van der Waals surface area contributed by atoms with Gasteiger partial charge in [-0.2, -0.15) is 0 Å². The quantitative estimate of drug-likeness (QED) is 0.162. The fourth-order valence-electron chi connectivity index (χ4n) is 6.70. The topological polar surface area (TPSA) is 125 Å². The summed E-state index contributed by atoms with van der Waals surface area (Å²) < 4.78 is 35.5. The van der Waals surface area contributed by atoms with E-state index in [4.69, 9.17) is 9.52 Å². The highest BCUT2D eigenvalue weighted by atomic mass is 32.2. The molecule has 10 nitrogen and oxygen atoms in total. The molecule has 12 heteroatoms. The van der Waals surface area contributed by atoms with E-state index in [1.807, 2.05) is 42.2 Å². The number of aryl methyl sites for hydroxylation is 2. The number of nitrogens with one attached hydrogen (secondary N) is 1. The summed E-state index contributed by atoms with van der Waals surface area (Å²) in [5, 5.41) is 3.89. The van der Waals surface area contributed by atoms with E-state index < -0.39 is 15.6 Å². The molecule has 1 N–H and O–H groups in total. The number of aliphatic imine (C=N–C) groups is 1. The highest BCUT2D eigenvalue weighted by Crippen LogP contribution is 2.41. The molecular weight excluding hydrogens is 659 g/mol. The molecule has 0 radical (unpaired) electrons. The number of amides is 2. The van der Waals surface area contributed by atoms with Crippen molar-refractivity contribution in [3.63, 3.8) is 0 Å². The largest absolute Gasteiger partial charge is 0.337 e. The van der Waals surface area contributed by atoms with Gasteiger partial charge in [0.05, 0.1) is 22.0 Å². The van der Waals surface area contributed by atoms with Crippen LogP contribution in [-0.2, 0) is 27.9 Å². The van der Waals surface area contributed by atoms with Crippen LogP contribution in [0.3, 0.4) is 0 Å². The molecule has 0 saturated heterocycles. The van der Waals surface area contributed by atoms with Crippen molar-refractivity contribution >= 4 is 44.9 Å². The van der Waals surface area contributed by atoms with Crippen LogP contribution in [0.25, 0.3) is 11.1 Å². The molecule has 0 atom stereocenters. The number of thiophene rings is 1. The van der Waals surface area contributed by atoms with Crippen molar-refractivity contribution in [1.82, 2.24) is 15.0 Å². The Morgan fingerprint density at radius 2 is 1.82 bits per heavy atom. The summed E-state index contributed by atoms with van der Waals surface area (Å²) in [6, 6.07) is 16.4. The van der Waals surface area contributed by atoms with Crippen LogP contribution in [-0.4, -0.2) is 53.6 Å². The Morgan fingerprint density at radius 1 is 1.06 bits per heavy atom. The number of hydrogen-bond donors (Lipinski definition) is 1. The SMILES string of the molecule is CCCCC1=NC2(CCCC2)C(=O)N1Cc1ccc(-c2ccccc2S(=O)(=O)Nc2onc(C)c2C)c(CN(C)C(=O)c2ccc(C)s2)c1. The Kier molecular flexibility index (Phi) is 9.81. The predicted molar refractivity (Wildman–Crippen MR) is 192 cm³/mol. The van der Waals surface area contributed by atoms with Gasteiger partial charge < -0.3 is 9.42 Å². The molecule has 258 valence electrons. The maximum Gasteiger partial charge on any atom is 0.264 e. The first kappa shape index (κ1) is 34.6. The van der Waals surface area contributed by atoms with Gasteiger partial charge in [-0.1, -0.05) is 67.7 Å². The van der Waals surface area contributed by atoms with Crippen LogP contribution < -0.4 is 4.72 Å². The molecule has 49 heavy (non-hydrogen) atoms. The van der Waals surface area contributed by atoms with Gasteiger partial charge in [-0.25, -0.2) is 13.1 Å². The zero-order valence-electron chi connectivity index (χ0n) is 28.7. The van der Waals surface area contributed by atoms with Crippen molar-refractivity contribution in [3.8, 4) is 11.1 Å². The standard InChI is InChI=1S/C37H43N5O5S2/c1-6-7-14-33-38-37(19-10-11-20-37)36(44)42(33)22-27-16-17-29(28(21-27)23-41(5)35(43)31-18-15-24(2)48-31)30-12-8-9-13-32(30)49(45,46)40-34-25(3)26(4)39-47-34/h8-9,12-13,15-18,21,40H,6-7,10-11,14,19-20,22-23H2,1-5H3. The van der Waals surface area contributed by atoms with E-state index in [-0.39, 0.29) is 29.1 Å². The van der Waals surface area contributed by atoms with E-state index in [9.17, 15) is 18.0 Å². The summed E-state index contributed by atoms with van der Waals surface area (Å²) in [4.78, 5) is 37.7. The zero-order chi connectivity index (χ0) is 34.9. The van der Waals surface area contributed by atoms with Crippen LogP contribution >= 0.6 is 11.3 Å². The normalized spacial score (nSPS) is 15.7. The maximum absolute atomic E-state index is 13.9. The monoisotopic (exact) mass is 701 g/mol. The molecule has 1 saturated carbocycles. The molecule has 2 amide bonds. The fourth-order valence-corrected chi connectivity index (χ4v) is 8.83. The molecule has 4 aromatic rings. The van der Waals surface area contributed by atoms with Gasteiger partial charge >= 0.3 is 0 Å². The van der Waals surface area contributed by atoms with E-state index in [1.54, 1.807) is 50.1 Å². The molecule has 1 aliphatic heterocycles. The molecule has 1 spiro atoms.